The van der Waals surface area contributed by atoms with Gasteiger partial charge in [0.05, 0.1) is 18.5 Å². The Morgan fingerprint density at radius 1 is 1.52 bits per heavy atom. The second kappa shape index (κ2) is 6.95. The van der Waals surface area contributed by atoms with Crippen molar-refractivity contribution in [1.82, 2.24) is 5.32 Å². The van der Waals surface area contributed by atoms with Crippen molar-refractivity contribution < 1.29 is 9.59 Å². The summed E-state index contributed by atoms with van der Waals surface area (Å²) >= 11 is 1.68. The summed E-state index contributed by atoms with van der Waals surface area (Å²) in [5.74, 6) is 0.749. The molecule has 0 fully saturated rings. The van der Waals surface area contributed by atoms with Gasteiger partial charge in [-0.15, -0.1) is 0 Å². The van der Waals surface area contributed by atoms with Gasteiger partial charge in [-0.2, -0.15) is 11.8 Å². The SMILES string of the molecule is CSCC[C@H](N)C(=O)NC(C)c1ccc2c(c1)CC(=O)N2. The smallest absolute Gasteiger partial charge is 0.237 e. The molecule has 0 spiro atoms. The fourth-order valence-corrected chi connectivity index (χ4v) is 2.79. The maximum absolute atomic E-state index is 12.0. The molecule has 0 saturated heterocycles. The van der Waals surface area contributed by atoms with Crippen LogP contribution in [0.2, 0.25) is 0 Å². The van der Waals surface area contributed by atoms with E-state index in [0.29, 0.717) is 12.8 Å². The number of benzene rings is 1. The van der Waals surface area contributed by atoms with Gasteiger partial charge in [-0.25, -0.2) is 0 Å². The van der Waals surface area contributed by atoms with Crippen molar-refractivity contribution in [3.63, 3.8) is 0 Å². The van der Waals surface area contributed by atoms with Gasteiger partial charge in [-0.05, 0) is 42.5 Å². The van der Waals surface area contributed by atoms with E-state index in [9.17, 15) is 9.59 Å². The number of hydrogen-bond donors (Lipinski definition) is 3. The Labute approximate surface area is 129 Å². The van der Waals surface area contributed by atoms with Crippen molar-refractivity contribution in [2.45, 2.75) is 31.8 Å². The van der Waals surface area contributed by atoms with Crippen LogP contribution in [-0.4, -0.2) is 29.9 Å². The maximum atomic E-state index is 12.0. The summed E-state index contributed by atoms with van der Waals surface area (Å²) < 4.78 is 0. The van der Waals surface area contributed by atoms with Crippen molar-refractivity contribution >= 4 is 29.3 Å². The first-order valence-corrected chi connectivity index (χ1v) is 8.38. The summed E-state index contributed by atoms with van der Waals surface area (Å²) in [6.45, 7) is 1.92. The molecule has 0 aromatic heterocycles. The topological polar surface area (TPSA) is 84.2 Å². The Bertz CT molecular complexity index is 548. The molecule has 114 valence electrons. The average Bonchev–Trinajstić information content (AvgIpc) is 2.83. The van der Waals surface area contributed by atoms with Crippen LogP contribution in [0.25, 0.3) is 0 Å². The number of nitrogens with two attached hydrogens (primary N) is 1. The fraction of sp³-hybridized carbons (Fsp3) is 0.467. The molecule has 2 amide bonds. The lowest BCUT2D eigenvalue weighted by molar-refractivity contribution is -0.123. The van der Waals surface area contributed by atoms with E-state index >= 15 is 0 Å². The molecule has 1 unspecified atom stereocenters. The molecule has 1 aliphatic heterocycles. The Hall–Kier alpha value is -1.53. The van der Waals surface area contributed by atoms with E-state index in [1.807, 2.05) is 31.4 Å². The molecule has 0 bridgehead atoms. The van der Waals surface area contributed by atoms with Gasteiger partial charge >= 0.3 is 0 Å². The number of nitrogens with one attached hydrogen (secondary N) is 2. The van der Waals surface area contributed by atoms with Gasteiger partial charge in [0.1, 0.15) is 0 Å². The zero-order chi connectivity index (χ0) is 15.4. The predicted molar refractivity (Wildman–Crippen MR) is 86.3 cm³/mol. The van der Waals surface area contributed by atoms with Crippen LogP contribution in [0, 0.1) is 0 Å². The van der Waals surface area contributed by atoms with Crippen LogP contribution in [0.5, 0.6) is 0 Å². The molecular weight excluding hydrogens is 286 g/mol. The highest BCUT2D eigenvalue weighted by Gasteiger charge is 2.20. The standard InChI is InChI=1S/C15H21N3O2S/c1-9(17-15(20)12(16)5-6-21-2)10-3-4-13-11(7-10)8-14(19)18-13/h3-4,7,9,12H,5-6,8,16H2,1-2H3,(H,17,20)(H,18,19)/t9?,12-/m0/s1. The highest BCUT2D eigenvalue weighted by atomic mass is 32.2. The van der Waals surface area contributed by atoms with E-state index in [0.717, 1.165) is 22.6 Å². The van der Waals surface area contributed by atoms with Crippen molar-refractivity contribution in [3.8, 4) is 0 Å². The Balaban J connectivity index is 1.97. The highest BCUT2D eigenvalue weighted by Crippen LogP contribution is 2.26. The molecule has 0 radical (unpaired) electrons. The average molecular weight is 307 g/mol. The summed E-state index contributed by atoms with van der Waals surface area (Å²) in [7, 11) is 0. The lowest BCUT2D eigenvalue weighted by Gasteiger charge is -2.18. The Kier molecular flexibility index (Phi) is 5.25. The molecule has 1 aliphatic rings. The number of thioether (sulfide) groups is 1. The van der Waals surface area contributed by atoms with Crippen LogP contribution in [0.3, 0.4) is 0 Å². The van der Waals surface area contributed by atoms with Gasteiger partial charge in [0.25, 0.3) is 0 Å². The molecular formula is C15H21N3O2S. The van der Waals surface area contributed by atoms with E-state index in [-0.39, 0.29) is 17.9 Å². The van der Waals surface area contributed by atoms with E-state index in [4.69, 9.17) is 5.73 Å². The summed E-state index contributed by atoms with van der Waals surface area (Å²) in [5, 5.41) is 5.73. The number of rotatable bonds is 6. The molecule has 0 saturated carbocycles. The lowest BCUT2D eigenvalue weighted by Crippen LogP contribution is -2.41. The molecule has 5 nitrogen and oxygen atoms in total. The molecule has 21 heavy (non-hydrogen) atoms. The first-order valence-electron chi connectivity index (χ1n) is 6.99. The summed E-state index contributed by atoms with van der Waals surface area (Å²) in [5.41, 5.74) is 8.68. The van der Waals surface area contributed by atoms with Crippen LogP contribution in [0.4, 0.5) is 5.69 Å². The van der Waals surface area contributed by atoms with Crippen molar-refractivity contribution in [1.29, 1.82) is 0 Å². The maximum Gasteiger partial charge on any atom is 0.237 e. The number of carbonyl (C=O) groups is 2. The molecule has 0 aliphatic carbocycles. The van der Waals surface area contributed by atoms with Crippen molar-refractivity contribution in [2.75, 3.05) is 17.3 Å². The minimum atomic E-state index is -0.474. The number of fused-ring (bicyclic) bond motifs is 1. The van der Waals surface area contributed by atoms with E-state index < -0.39 is 6.04 Å². The van der Waals surface area contributed by atoms with E-state index in [1.165, 1.54) is 0 Å². The van der Waals surface area contributed by atoms with Crippen LogP contribution in [-0.2, 0) is 16.0 Å². The fourth-order valence-electron chi connectivity index (χ4n) is 2.30. The minimum absolute atomic E-state index is 0.0120. The monoisotopic (exact) mass is 307 g/mol. The Morgan fingerprint density at radius 3 is 3.00 bits per heavy atom. The molecule has 4 N–H and O–H groups in total. The van der Waals surface area contributed by atoms with Crippen LogP contribution < -0.4 is 16.4 Å². The molecule has 1 heterocycles. The zero-order valence-electron chi connectivity index (χ0n) is 12.3. The lowest BCUT2D eigenvalue weighted by atomic mass is 10.0. The van der Waals surface area contributed by atoms with Crippen LogP contribution in [0.1, 0.15) is 30.5 Å². The van der Waals surface area contributed by atoms with Crippen LogP contribution >= 0.6 is 11.8 Å². The normalized spacial score (nSPS) is 16.0. The molecule has 2 rings (SSSR count). The number of hydrogen-bond acceptors (Lipinski definition) is 4. The summed E-state index contributed by atoms with van der Waals surface area (Å²) in [4.78, 5) is 23.4. The van der Waals surface area contributed by atoms with Gasteiger partial charge in [0.2, 0.25) is 11.8 Å². The largest absolute Gasteiger partial charge is 0.348 e. The summed E-state index contributed by atoms with van der Waals surface area (Å²) in [6, 6.07) is 5.16. The van der Waals surface area contributed by atoms with Gasteiger partial charge in [0, 0.05) is 5.69 Å². The van der Waals surface area contributed by atoms with Crippen LogP contribution in [0.15, 0.2) is 18.2 Å². The predicted octanol–water partition coefficient (Wildman–Crippen LogP) is 1.44. The van der Waals surface area contributed by atoms with Crippen molar-refractivity contribution in [3.05, 3.63) is 29.3 Å². The zero-order valence-corrected chi connectivity index (χ0v) is 13.1. The summed E-state index contributed by atoms with van der Waals surface area (Å²) in [6.07, 6.45) is 3.06. The molecule has 2 atom stereocenters. The first kappa shape index (κ1) is 15.9. The number of amides is 2. The third-order valence-corrected chi connectivity index (χ3v) is 4.23. The van der Waals surface area contributed by atoms with Gasteiger partial charge in [0.15, 0.2) is 0 Å². The second-order valence-electron chi connectivity index (χ2n) is 5.26. The van der Waals surface area contributed by atoms with Gasteiger partial charge in [-0.3, -0.25) is 9.59 Å². The molecule has 1 aromatic carbocycles. The minimum Gasteiger partial charge on any atom is -0.348 e. The Morgan fingerprint density at radius 2 is 2.29 bits per heavy atom. The molecule has 1 aromatic rings. The number of carbonyl (C=O) groups excluding carboxylic acids is 2. The third-order valence-electron chi connectivity index (χ3n) is 3.58. The van der Waals surface area contributed by atoms with Crippen molar-refractivity contribution in [2.24, 2.45) is 5.73 Å². The van der Waals surface area contributed by atoms with E-state index in [1.54, 1.807) is 11.8 Å². The van der Waals surface area contributed by atoms with Gasteiger partial charge < -0.3 is 16.4 Å². The van der Waals surface area contributed by atoms with E-state index in [2.05, 4.69) is 10.6 Å². The molecule has 6 heteroatoms. The first-order chi connectivity index (χ1) is 10.0. The third kappa shape index (κ3) is 3.98. The van der Waals surface area contributed by atoms with Gasteiger partial charge in [-0.1, -0.05) is 12.1 Å². The quantitative estimate of drug-likeness (QED) is 0.742. The second-order valence-corrected chi connectivity index (χ2v) is 6.25. The highest BCUT2D eigenvalue weighted by molar-refractivity contribution is 7.98. The number of anilines is 1.